The van der Waals surface area contributed by atoms with Gasteiger partial charge in [-0.1, -0.05) is 13.8 Å². The van der Waals surface area contributed by atoms with Crippen LogP contribution in [-0.2, 0) is 0 Å². The van der Waals surface area contributed by atoms with E-state index in [1.807, 2.05) is 19.9 Å². The number of nitrogens with one attached hydrogen (secondary N) is 1. The molecular formula is C15H25NO. The van der Waals surface area contributed by atoms with Gasteiger partial charge in [0, 0.05) is 12.2 Å². The molecule has 96 valence electrons. The van der Waals surface area contributed by atoms with E-state index >= 15 is 0 Å². The quantitative estimate of drug-likeness (QED) is 0.796. The molecule has 1 rings (SSSR count). The van der Waals surface area contributed by atoms with Crippen LogP contribution in [0.5, 0.6) is 5.75 Å². The summed E-state index contributed by atoms with van der Waals surface area (Å²) in [6, 6.07) is 6.23. The summed E-state index contributed by atoms with van der Waals surface area (Å²) in [6.45, 7) is 11.7. The zero-order valence-electron chi connectivity index (χ0n) is 11.7. The predicted octanol–water partition coefficient (Wildman–Crippen LogP) is 4.24. The van der Waals surface area contributed by atoms with Crippen molar-refractivity contribution in [3.05, 3.63) is 23.8 Å². The van der Waals surface area contributed by atoms with Crippen LogP contribution in [-0.4, -0.2) is 12.6 Å². The maximum absolute atomic E-state index is 5.66. The first-order valence-electron chi connectivity index (χ1n) is 6.50. The van der Waals surface area contributed by atoms with E-state index in [1.165, 1.54) is 17.7 Å². The van der Waals surface area contributed by atoms with Gasteiger partial charge in [0.15, 0.2) is 0 Å². The number of benzene rings is 1. The maximum Gasteiger partial charge on any atom is 0.120 e. The second kappa shape index (κ2) is 6.53. The summed E-state index contributed by atoms with van der Waals surface area (Å²) in [4.78, 5) is 0. The van der Waals surface area contributed by atoms with Crippen molar-refractivity contribution in [1.29, 1.82) is 0 Å². The lowest BCUT2D eigenvalue weighted by atomic mass is 10.1. The van der Waals surface area contributed by atoms with Gasteiger partial charge in [-0.2, -0.15) is 0 Å². The topological polar surface area (TPSA) is 21.3 Å². The Kier molecular flexibility index (Phi) is 5.33. The highest BCUT2D eigenvalue weighted by atomic mass is 16.5. The molecule has 17 heavy (non-hydrogen) atoms. The van der Waals surface area contributed by atoms with Crippen molar-refractivity contribution in [3.63, 3.8) is 0 Å². The van der Waals surface area contributed by atoms with Crippen molar-refractivity contribution in [2.75, 3.05) is 11.9 Å². The minimum absolute atomic E-state index is 0.231. The van der Waals surface area contributed by atoms with Gasteiger partial charge in [-0.25, -0.2) is 0 Å². The third-order valence-electron chi connectivity index (χ3n) is 2.61. The monoisotopic (exact) mass is 235 g/mol. The molecule has 0 amide bonds. The third-order valence-corrected chi connectivity index (χ3v) is 2.61. The summed E-state index contributed by atoms with van der Waals surface area (Å²) in [7, 11) is 0. The third kappa shape index (κ3) is 5.12. The average molecular weight is 235 g/mol. The van der Waals surface area contributed by atoms with Gasteiger partial charge in [-0.05, 0) is 56.9 Å². The molecule has 0 bridgehead atoms. The molecule has 0 aliphatic heterocycles. The summed E-state index contributed by atoms with van der Waals surface area (Å²) in [5.41, 5.74) is 2.45. The Labute approximate surface area is 105 Å². The number of ether oxygens (including phenoxy) is 1. The molecule has 0 radical (unpaired) electrons. The Morgan fingerprint density at radius 2 is 1.88 bits per heavy atom. The van der Waals surface area contributed by atoms with Crippen LogP contribution in [0.15, 0.2) is 18.2 Å². The van der Waals surface area contributed by atoms with E-state index in [1.54, 1.807) is 0 Å². The highest BCUT2D eigenvalue weighted by Crippen LogP contribution is 2.22. The SMILES string of the molecule is Cc1cc(OC(C)C)ccc1NCCC(C)C. The lowest BCUT2D eigenvalue weighted by Gasteiger charge is -2.14. The molecule has 1 aromatic carbocycles. The second-order valence-corrected chi connectivity index (χ2v) is 5.25. The highest BCUT2D eigenvalue weighted by Gasteiger charge is 2.02. The van der Waals surface area contributed by atoms with E-state index < -0.39 is 0 Å². The molecule has 1 aromatic rings. The Bertz CT molecular complexity index is 345. The smallest absolute Gasteiger partial charge is 0.120 e. The molecule has 0 unspecified atom stereocenters. The molecule has 0 aliphatic carbocycles. The summed E-state index contributed by atoms with van der Waals surface area (Å²) >= 11 is 0. The molecule has 0 aromatic heterocycles. The molecule has 2 heteroatoms. The van der Waals surface area contributed by atoms with Crippen molar-refractivity contribution in [2.45, 2.75) is 47.1 Å². The fourth-order valence-corrected chi connectivity index (χ4v) is 1.68. The predicted molar refractivity (Wildman–Crippen MR) is 74.9 cm³/mol. The van der Waals surface area contributed by atoms with E-state index in [-0.39, 0.29) is 6.10 Å². The lowest BCUT2D eigenvalue weighted by Crippen LogP contribution is -2.08. The van der Waals surface area contributed by atoms with Crippen LogP contribution in [0.3, 0.4) is 0 Å². The van der Waals surface area contributed by atoms with E-state index in [0.29, 0.717) is 0 Å². The van der Waals surface area contributed by atoms with Gasteiger partial charge in [0.2, 0.25) is 0 Å². The van der Waals surface area contributed by atoms with Crippen molar-refractivity contribution in [2.24, 2.45) is 5.92 Å². The molecule has 0 saturated carbocycles. The fourth-order valence-electron chi connectivity index (χ4n) is 1.68. The van der Waals surface area contributed by atoms with Crippen molar-refractivity contribution >= 4 is 5.69 Å². The number of hydrogen-bond acceptors (Lipinski definition) is 2. The highest BCUT2D eigenvalue weighted by molar-refractivity contribution is 5.53. The van der Waals surface area contributed by atoms with Gasteiger partial charge in [0.05, 0.1) is 6.10 Å². The Balaban J connectivity index is 2.57. The minimum Gasteiger partial charge on any atom is -0.491 e. The summed E-state index contributed by atoms with van der Waals surface area (Å²) < 4.78 is 5.66. The van der Waals surface area contributed by atoms with Crippen LogP contribution < -0.4 is 10.1 Å². The second-order valence-electron chi connectivity index (χ2n) is 5.25. The normalized spacial score (nSPS) is 11.0. The molecular weight excluding hydrogens is 210 g/mol. The molecule has 0 fully saturated rings. The zero-order chi connectivity index (χ0) is 12.8. The van der Waals surface area contributed by atoms with Gasteiger partial charge in [0.25, 0.3) is 0 Å². The van der Waals surface area contributed by atoms with Crippen molar-refractivity contribution in [1.82, 2.24) is 0 Å². The van der Waals surface area contributed by atoms with E-state index in [2.05, 4.69) is 38.2 Å². The molecule has 1 N–H and O–H groups in total. The van der Waals surface area contributed by atoms with Crippen molar-refractivity contribution < 1.29 is 4.74 Å². The number of rotatable bonds is 6. The zero-order valence-corrected chi connectivity index (χ0v) is 11.7. The van der Waals surface area contributed by atoms with Crippen LogP contribution in [0.4, 0.5) is 5.69 Å². The fraction of sp³-hybridized carbons (Fsp3) is 0.600. The Morgan fingerprint density at radius 3 is 2.41 bits per heavy atom. The van der Waals surface area contributed by atoms with Crippen molar-refractivity contribution in [3.8, 4) is 5.75 Å². The summed E-state index contributed by atoms with van der Waals surface area (Å²) in [5.74, 6) is 1.69. The van der Waals surface area contributed by atoms with Gasteiger partial charge in [-0.3, -0.25) is 0 Å². The maximum atomic E-state index is 5.66. The van der Waals surface area contributed by atoms with E-state index in [9.17, 15) is 0 Å². The lowest BCUT2D eigenvalue weighted by molar-refractivity contribution is 0.242. The first kappa shape index (κ1) is 13.9. The number of aryl methyl sites for hydroxylation is 1. The first-order chi connectivity index (χ1) is 7.99. The van der Waals surface area contributed by atoms with Crippen LogP contribution in [0.1, 0.15) is 39.7 Å². The van der Waals surface area contributed by atoms with E-state index in [4.69, 9.17) is 4.74 Å². The van der Waals surface area contributed by atoms with Gasteiger partial charge >= 0.3 is 0 Å². The number of hydrogen-bond donors (Lipinski definition) is 1. The standard InChI is InChI=1S/C15H25NO/c1-11(2)8-9-16-15-7-6-14(10-13(15)5)17-12(3)4/h6-7,10-12,16H,8-9H2,1-5H3. The molecule has 0 saturated heterocycles. The molecule has 2 nitrogen and oxygen atoms in total. The number of anilines is 1. The van der Waals surface area contributed by atoms with Crippen LogP contribution >= 0.6 is 0 Å². The molecule has 0 atom stereocenters. The minimum atomic E-state index is 0.231. The van der Waals surface area contributed by atoms with Gasteiger partial charge in [0.1, 0.15) is 5.75 Å². The first-order valence-corrected chi connectivity index (χ1v) is 6.50. The summed E-state index contributed by atoms with van der Waals surface area (Å²) in [5, 5.41) is 3.47. The van der Waals surface area contributed by atoms with Crippen LogP contribution in [0.25, 0.3) is 0 Å². The van der Waals surface area contributed by atoms with Crippen LogP contribution in [0, 0.1) is 12.8 Å². The Morgan fingerprint density at radius 1 is 1.18 bits per heavy atom. The Hall–Kier alpha value is -1.18. The molecule has 0 heterocycles. The van der Waals surface area contributed by atoms with Gasteiger partial charge < -0.3 is 10.1 Å². The molecule has 0 spiro atoms. The van der Waals surface area contributed by atoms with Crippen LogP contribution in [0.2, 0.25) is 0 Å². The summed E-state index contributed by atoms with van der Waals surface area (Å²) in [6.07, 6.45) is 1.43. The van der Waals surface area contributed by atoms with E-state index in [0.717, 1.165) is 18.2 Å². The van der Waals surface area contributed by atoms with Gasteiger partial charge in [-0.15, -0.1) is 0 Å². The molecule has 0 aliphatic rings. The average Bonchev–Trinajstić information content (AvgIpc) is 2.20. The largest absolute Gasteiger partial charge is 0.491 e.